The number of halogens is 4. The first-order valence-corrected chi connectivity index (χ1v) is 4.79. The van der Waals surface area contributed by atoms with E-state index in [0.717, 1.165) is 0 Å². The van der Waals surface area contributed by atoms with Crippen LogP contribution in [0.3, 0.4) is 0 Å². The normalized spacial score (nSPS) is 11.7. The molecule has 1 aromatic carbocycles. The molecule has 0 bridgehead atoms. The summed E-state index contributed by atoms with van der Waals surface area (Å²) in [5, 5.41) is 0.358. The second-order valence-corrected chi connectivity index (χ2v) is 3.76. The molecule has 0 saturated carbocycles. The van der Waals surface area contributed by atoms with Gasteiger partial charge >= 0.3 is 6.18 Å². The van der Waals surface area contributed by atoms with Crippen LogP contribution in [0.5, 0.6) is 0 Å². The number of alkyl halides is 3. The number of thioether (sulfide) groups is 1. The lowest BCUT2D eigenvalue weighted by molar-refractivity contribution is -0.105. The smallest absolute Gasteiger partial charge is 0.170 e. The Morgan fingerprint density at radius 3 is 2.38 bits per heavy atom. The molecule has 0 radical (unpaired) electrons. The molecule has 0 aliphatic rings. The standard InChI is InChI=1S/C8H6ClF3S/c9-6-3-1-2-4-7(6)13-5-8(10,11)12/h1-4H,5H2. The Labute approximate surface area is 83.1 Å². The molecule has 0 amide bonds. The van der Waals surface area contributed by atoms with Crippen LogP contribution in [0.25, 0.3) is 0 Å². The fraction of sp³-hybridized carbons (Fsp3) is 0.250. The predicted molar refractivity (Wildman–Crippen MR) is 48.2 cm³/mol. The molecule has 0 saturated heterocycles. The van der Waals surface area contributed by atoms with Gasteiger partial charge in [0.1, 0.15) is 0 Å². The topological polar surface area (TPSA) is 0 Å². The monoisotopic (exact) mass is 226 g/mol. The van der Waals surface area contributed by atoms with Crippen LogP contribution >= 0.6 is 23.4 Å². The molecule has 0 unspecified atom stereocenters. The molecule has 0 aliphatic heterocycles. The van der Waals surface area contributed by atoms with Crippen molar-refractivity contribution in [3.63, 3.8) is 0 Å². The molecule has 0 fully saturated rings. The molecule has 5 heteroatoms. The average Bonchev–Trinajstić information content (AvgIpc) is 2.01. The second-order valence-electron chi connectivity index (χ2n) is 2.33. The highest BCUT2D eigenvalue weighted by Gasteiger charge is 2.27. The quantitative estimate of drug-likeness (QED) is 0.687. The van der Waals surface area contributed by atoms with Crippen molar-refractivity contribution in [2.24, 2.45) is 0 Å². The number of hydrogen-bond acceptors (Lipinski definition) is 1. The third-order valence-electron chi connectivity index (χ3n) is 1.23. The van der Waals surface area contributed by atoms with Gasteiger partial charge in [-0.15, -0.1) is 11.8 Å². The Balaban J connectivity index is 2.60. The lowest BCUT2D eigenvalue weighted by atomic mass is 10.4. The highest BCUT2D eigenvalue weighted by molar-refractivity contribution is 7.99. The van der Waals surface area contributed by atoms with E-state index in [-0.39, 0.29) is 0 Å². The first kappa shape index (κ1) is 10.7. The maximum Gasteiger partial charge on any atom is 0.398 e. The summed E-state index contributed by atoms with van der Waals surface area (Å²) in [6.07, 6.45) is -4.15. The average molecular weight is 227 g/mol. The van der Waals surface area contributed by atoms with Crippen molar-refractivity contribution < 1.29 is 13.2 Å². The molecule has 0 aromatic heterocycles. The Bertz CT molecular complexity index is 285. The van der Waals surface area contributed by atoms with Crippen LogP contribution < -0.4 is 0 Å². The van der Waals surface area contributed by atoms with Crippen LogP contribution in [0.1, 0.15) is 0 Å². The van der Waals surface area contributed by atoms with Gasteiger partial charge in [0, 0.05) is 4.90 Å². The lowest BCUT2D eigenvalue weighted by Crippen LogP contribution is -2.10. The molecule has 0 spiro atoms. The number of hydrogen-bond donors (Lipinski definition) is 0. The van der Waals surface area contributed by atoms with E-state index in [4.69, 9.17) is 11.6 Å². The van der Waals surface area contributed by atoms with E-state index < -0.39 is 11.9 Å². The van der Waals surface area contributed by atoms with Crippen molar-refractivity contribution in [1.82, 2.24) is 0 Å². The Morgan fingerprint density at radius 2 is 1.85 bits per heavy atom. The van der Waals surface area contributed by atoms with Crippen LogP contribution in [0.4, 0.5) is 13.2 Å². The van der Waals surface area contributed by atoms with Crippen LogP contribution in [0.15, 0.2) is 29.2 Å². The minimum Gasteiger partial charge on any atom is -0.170 e. The van der Waals surface area contributed by atoms with E-state index in [1.54, 1.807) is 24.3 Å². The summed E-state index contributed by atoms with van der Waals surface area (Å²) in [5.74, 6) is -0.906. The van der Waals surface area contributed by atoms with E-state index in [1.165, 1.54) is 0 Å². The van der Waals surface area contributed by atoms with E-state index in [9.17, 15) is 13.2 Å². The number of rotatable bonds is 2. The van der Waals surface area contributed by atoms with Crippen LogP contribution in [0, 0.1) is 0 Å². The zero-order valence-corrected chi connectivity index (χ0v) is 8.01. The Kier molecular flexibility index (Phi) is 3.50. The summed E-state index contributed by atoms with van der Waals surface area (Å²) in [4.78, 5) is 0.460. The van der Waals surface area contributed by atoms with Crippen molar-refractivity contribution in [1.29, 1.82) is 0 Å². The summed E-state index contributed by atoms with van der Waals surface area (Å²) >= 11 is 6.36. The van der Waals surface area contributed by atoms with Gasteiger partial charge in [0.15, 0.2) is 0 Å². The summed E-state index contributed by atoms with van der Waals surface area (Å²) in [6, 6.07) is 6.48. The van der Waals surface area contributed by atoms with Crippen molar-refractivity contribution in [2.45, 2.75) is 11.1 Å². The second kappa shape index (κ2) is 4.24. The van der Waals surface area contributed by atoms with Crippen LogP contribution in [0.2, 0.25) is 5.02 Å². The van der Waals surface area contributed by atoms with Gasteiger partial charge in [0.2, 0.25) is 0 Å². The van der Waals surface area contributed by atoms with E-state index in [2.05, 4.69) is 0 Å². The molecular formula is C8H6ClF3S. The third kappa shape index (κ3) is 3.91. The van der Waals surface area contributed by atoms with Crippen molar-refractivity contribution >= 4 is 23.4 Å². The molecular weight excluding hydrogens is 221 g/mol. The highest BCUT2D eigenvalue weighted by Crippen LogP contribution is 2.31. The van der Waals surface area contributed by atoms with Crippen LogP contribution in [-0.2, 0) is 0 Å². The molecule has 0 nitrogen and oxygen atoms in total. The molecule has 0 heterocycles. The Hall–Kier alpha value is -0.350. The first-order valence-electron chi connectivity index (χ1n) is 3.43. The van der Waals surface area contributed by atoms with E-state index in [1.807, 2.05) is 0 Å². The highest BCUT2D eigenvalue weighted by atomic mass is 35.5. The van der Waals surface area contributed by atoms with Gasteiger partial charge in [0.25, 0.3) is 0 Å². The van der Waals surface area contributed by atoms with Gasteiger partial charge in [-0.25, -0.2) is 0 Å². The summed E-state index contributed by atoms with van der Waals surface area (Å²) < 4.78 is 35.4. The zero-order valence-electron chi connectivity index (χ0n) is 6.44. The summed E-state index contributed by atoms with van der Waals surface area (Å²) in [6.45, 7) is 0. The summed E-state index contributed by atoms with van der Waals surface area (Å²) in [5.41, 5.74) is 0. The van der Waals surface area contributed by atoms with Crippen molar-refractivity contribution in [3.05, 3.63) is 29.3 Å². The maximum absolute atomic E-state index is 11.8. The molecule has 1 aromatic rings. The largest absolute Gasteiger partial charge is 0.398 e. The van der Waals surface area contributed by atoms with E-state index in [0.29, 0.717) is 21.7 Å². The Morgan fingerprint density at radius 1 is 1.23 bits per heavy atom. The zero-order chi connectivity index (χ0) is 9.90. The van der Waals surface area contributed by atoms with Gasteiger partial charge in [-0.1, -0.05) is 23.7 Å². The van der Waals surface area contributed by atoms with Gasteiger partial charge < -0.3 is 0 Å². The van der Waals surface area contributed by atoms with Gasteiger partial charge in [0.05, 0.1) is 10.8 Å². The molecule has 1 rings (SSSR count). The minimum absolute atomic E-state index is 0.358. The fourth-order valence-electron chi connectivity index (χ4n) is 0.721. The van der Waals surface area contributed by atoms with Crippen molar-refractivity contribution in [3.8, 4) is 0 Å². The third-order valence-corrected chi connectivity index (χ3v) is 2.81. The molecule has 72 valence electrons. The minimum atomic E-state index is -4.15. The molecule has 13 heavy (non-hydrogen) atoms. The van der Waals surface area contributed by atoms with Gasteiger partial charge in [-0.05, 0) is 12.1 Å². The maximum atomic E-state index is 11.8. The van der Waals surface area contributed by atoms with Gasteiger partial charge in [-0.2, -0.15) is 13.2 Å². The van der Waals surface area contributed by atoms with Crippen molar-refractivity contribution in [2.75, 3.05) is 5.75 Å². The number of benzene rings is 1. The predicted octanol–water partition coefficient (Wildman–Crippen LogP) is 3.99. The SMILES string of the molecule is FC(F)(F)CSc1ccccc1Cl. The molecule has 0 aliphatic carbocycles. The van der Waals surface area contributed by atoms with Gasteiger partial charge in [-0.3, -0.25) is 0 Å². The van der Waals surface area contributed by atoms with E-state index >= 15 is 0 Å². The fourth-order valence-corrected chi connectivity index (χ4v) is 1.72. The van der Waals surface area contributed by atoms with Crippen LogP contribution in [-0.4, -0.2) is 11.9 Å². The first-order chi connectivity index (χ1) is 5.99. The molecule has 0 atom stereocenters. The lowest BCUT2D eigenvalue weighted by Gasteiger charge is -2.06. The summed E-state index contributed by atoms with van der Waals surface area (Å²) in [7, 11) is 0. The molecule has 0 N–H and O–H groups in total.